The van der Waals surface area contributed by atoms with Gasteiger partial charge in [0, 0.05) is 6.54 Å². The number of nitrogens with zero attached hydrogens (tertiary/aromatic N) is 1. The van der Waals surface area contributed by atoms with Crippen LogP contribution in [0.4, 0.5) is 4.79 Å². The number of hydrogen-bond acceptors (Lipinski definition) is 3. The SMILES string of the molecule is CC1(C)SC(=O)N(CCC2CCCC2)C1=O. The Hall–Kier alpha value is -0.510. The molecule has 0 N–H and O–H groups in total. The Morgan fingerprint density at radius 1 is 1.31 bits per heavy atom. The van der Waals surface area contributed by atoms with Crippen LogP contribution in [0.5, 0.6) is 0 Å². The van der Waals surface area contributed by atoms with Crippen molar-refractivity contribution in [3.63, 3.8) is 0 Å². The second kappa shape index (κ2) is 4.40. The van der Waals surface area contributed by atoms with Crippen molar-refractivity contribution < 1.29 is 9.59 Å². The molecule has 2 aliphatic rings. The molecule has 0 unspecified atom stereocenters. The Balaban J connectivity index is 1.89. The molecule has 1 aliphatic heterocycles. The highest BCUT2D eigenvalue weighted by molar-refractivity contribution is 8.16. The van der Waals surface area contributed by atoms with Crippen LogP contribution < -0.4 is 0 Å². The van der Waals surface area contributed by atoms with Gasteiger partial charge < -0.3 is 0 Å². The number of amides is 2. The number of hydrogen-bond donors (Lipinski definition) is 0. The number of carbonyl (C=O) groups excluding carboxylic acids is 2. The van der Waals surface area contributed by atoms with Crippen molar-refractivity contribution in [3.05, 3.63) is 0 Å². The predicted octanol–water partition coefficient (Wildman–Crippen LogP) is 3.04. The van der Waals surface area contributed by atoms with Crippen LogP contribution in [0.2, 0.25) is 0 Å². The van der Waals surface area contributed by atoms with E-state index in [9.17, 15) is 9.59 Å². The van der Waals surface area contributed by atoms with Gasteiger partial charge in [-0.1, -0.05) is 25.7 Å². The molecule has 3 nitrogen and oxygen atoms in total. The Kier molecular flexibility index (Phi) is 3.29. The predicted molar refractivity (Wildman–Crippen MR) is 65.4 cm³/mol. The average Bonchev–Trinajstić information content (AvgIpc) is 2.74. The number of carbonyl (C=O) groups is 2. The van der Waals surface area contributed by atoms with E-state index in [0.29, 0.717) is 6.54 Å². The largest absolute Gasteiger partial charge is 0.289 e. The first kappa shape index (κ1) is 12.0. The summed E-state index contributed by atoms with van der Waals surface area (Å²) in [5, 5.41) is -0.0620. The van der Waals surface area contributed by atoms with E-state index in [0.717, 1.165) is 24.1 Å². The first-order valence-electron chi connectivity index (χ1n) is 6.05. The summed E-state index contributed by atoms with van der Waals surface area (Å²) in [4.78, 5) is 25.0. The van der Waals surface area contributed by atoms with Crippen LogP contribution in [0.3, 0.4) is 0 Å². The van der Waals surface area contributed by atoms with Gasteiger partial charge in [-0.2, -0.15) is 0 Å². The molecule has 16 heavy (non-hydrogen) atoms. The Morgan fingerprint density at radius 3 is 2.44 bits per heavy atom. The maximum atomic E-state index is 11.9. The van der Waals surface area contributed by atoms with Gasteiger partial charge in [0.1, 0.15) is 0 Å². The van der Waals surface area contributed by atoms with Crippen LogP contribution in [0.1, 0.15) is 46.0 Å². The second-order valence-electron chi connectivity index (χ2n) is 5.27. The van der Waals surface area contributed by atoms with Crippen molar-refractivity contribution >= 4 is 22.9 Å². The number of rotatable bonds is 3. The highest BCUT2D eigenvalue weighted by Gasteiger charge is 2.45. The van der Waals surface area contributed by atoms with Gasteiger partial charge in [0.05, 0.1) is 4.75 Å². The molecule has 0 bridgehead atoms. The topological polar surface area (TPSA) is 37.4 Å². The zero-order valence-electron chi connectivity index (χ0n) is 9.99. The molecule has 0 spiro atoms. The minimum atomic E-state index is -0.549. The van der Waals surface area contributed by atoms with Crippen molar-refractivity contribution in [2.45, 2.75) is 50.7 Å². The van der Waals surface area contributed by atoms with Gasteiger partial charge in [0.2, 0.25) is 5.91 Å². The highest BCUT2D eigenvalue weighted by Crippen LogP contribution is 2.37. The Labute approximate surface area is 101 Å². The van der Waals surface area contributed by atoms with Crippen LogP contribution in [0, 0.1) is 5.92 Å². The molecule has 4 heteroatoms. The Bertz CT molecular complexity index is 308. The van der Waals surface area contributed by atoms with Crippen LogP contribution >= 0.6 is 11.8 Å². The summed E-state index contributed by atoms with van der Waals surface area (Å²) in [6.45, 7) is 4.28. The minimum Gasteiger partial charge on any atom is -0.273 e. The van der Waals surface area contributed by atoms with Crippen molar-refractivity contribution in [3.8, 4) is 0 Å². The molecule has 0 aromatic heterocycles. The lowest BCUT2D eigenvalue weighted by atomic mass is 10.0. The van der Waals surface area contributed by atoms with Gasteiger partial charge in [-0.15, -0.1) is 0 Å². The van der Waals surface area contributed by atoms with E-state index in [1.807, 2.05) is 13.8 Å². The average molecular weight is 241 g/mol. The first-order valence-corrected chi connectivity index (χ1v) is 6.87. The standard InChI is InChI=1S/C12H19NO2S/c1-12(2)10(14)13(11(15)16-12)8-7-9-5-3-4-6-9/h9H,3-8H2,1-2H3. The molecule has 0 aromatic rings. The molecule has 1 aliphatic carbocycles. The fraction of sp³-hybridized carbons (Fsp3) is 0.833. The number of thioether (sulfide) groups is 1. The van der Waals surface area contributed by atoms with Gasteiger partial charge in [0.15, 0.2) is 0 Å². The van der Waals surface area contributed by atoms with Crippen LogP contribution in [-0.4, -0.2) is 27.3 Å². The fourth-order valence-electron chi connectivity index (χ4n) is 2.53. The molecule has 1 saturated heterocycles. The third-order valence-corrected chi connectivity index (χ3v) is 4.64. The van der Waals surface area contributed by atoms with E-state index in [-0.39, 0.29) is 11.1 Å². The van der Waals surface area contributed by atoms with E-state index in [4.69, 9.17) is 0 Å². The van der Waals surface area contributed by atoms with Gasteiger partial charge in [-0.25, -0.2) is 0 Å². The molecular formula is C12H19NO2S. The zero-order valence-corrected chi connectivity index (χ0v) is 10.8. The van der Waals surface area contributed by atoms with Crippen LogP contribution in [0.25, 0.3) is 0 Å². The molecular weight excluding hydrogens is 222 g/mol. The monoisotopic (exact) mass is 241 g/mol. The van der Waals surface area contributed by atoms with E-state index >= 15 is 0 Å². The Morgan fingerprint density at radius 2 is 1.94 bits per heavy atom. The molecule has 0 atom stereocenters. The maximum absolute atomic E-state index is 11.9. The molecule has 2 amide bonds. The molecule has 90 valence electrons. The summed E-state index contributed by atoms with van der Waals surface area (Å²) < 4.78 is -0.549. The van der Waals surface area contributed by atoms with Gasteiger partial charge >= 0.3 is 0 Å². The fourth-order valence-corrected chi connectivity index (χ4v) is 3.45. The minimum absolute atomic E-state index is 0.0134. The smallest absolute Gasteiger partial charge is 0.273 e. The molecule has 1 heterocycles. The summed E-state index contributed by atoms with van der Waals surface area (Å²) in [7, 11) is 0. The van der Waals surface area contributed by atoms with Crippen molar-refractivity contribution in [2.75, 3.05) is 6.54 Å². The lowest BCUT2D eigenvalue weighted by Gasteiger charge is -2.18. The van der Waals surface area contributed by atoms with Crippen LogP contribution in [-0.2, 0) is 4.79 Å². The summed E-state index contributed by atoms with van der Waals surface area (Å²) in [5.74, 6) is 0.717. The molecule has 0 radical (unpaired) electrons. The van der Waals surface area contributed by atoms with E-state index < -0.39 is 4.75 Å². The van der Waals surface area contributed by atoms with Gasteiger partial charge in [-0.05, 0) is 37.9 Å². The normalized spacial score (nSPS) is 25.8. The molecule has 1 saturated carbocycles. The first-order chi connectivity index (χ1) is 7.50. The third-order valence-electron chi connectivity index (χ3n) is 3.56. The molecule has 2 rings (SSSR count). The second-order valence-corrected chi connectivity index (χ2v) is 6.85. The van der Waals surface area contributed by atoms with Gasteiger partial charge in [-0.3, -0.25) is 14.5 Å². The maximum Gasteiger partial charge on any atom is 0.289 e. The molecule has 2 fully saturated rings. The van der Waals surface area contributed by atoms with Crippen molar-refractivity contribution in [2.24, 2.45) is 5.92 Å². The lowest BCUT2D eigenvalue weighted by molar-refractivity contribution is -0.128. The summed E-state index contributed by atoms with van der Waals surface area (Å²) in [5.41, 5.74) is 0. The van der Waals surface area contributed by atoms with Crippen molar-refractivity contribution in [1.82, 2.24) is 4.90 Å². The summed E-state index contributed by atoms with van der Waals surface area (Å²) >= 11 is 1.16. The van der Waals surface area contributed by atoms with E-state index in [1.54, 1.807) is 0 Å². The highest BCUT2D eigenvalue weighted by atomic mass is 32.2. The van der Waals surface area contributed by atoms with E-state index in [2.05, 4.69) is 0 Å². The number of imide groups is 1. The summed E-state index contributed by atoms with van der Waals surface area (Å²) in [6, 6.07) is 0. The third kappa shape index (κ3) is 2.26. The van der Waals surface area contributed by atoms with Crippen LogP contribution in [0.15, 0.2) is 0 Å². The lowest BCUT2D eigenvalue weighted by Crippen LogP contribution is -2.36. The van der Waals surface area contributed by atoms with Gasteiger partial charge in [0.25, 0.3) is 5.24 Å². The quantitative estimate of drug-likeness (QED) is 0.762. The zero-order chi connectivity index (χ0) is 11.8. The molecule has 0 aromatic carbocycles. The van der Waals surface area contributed by atoms with Crippen molar-refractivity contribution in [1.29, 1.82) is 0 Å². The van der Waals surface area contributed by atoms with E-state index in [1.165, 1.54) is 30.6 Å². The summed E-state index contributed by atoms with van der Waals surface area (Å²) in [6.07, 6.45) is 6.16.